The maximum absolute atomic E-state index is 11.9. The number of nitrogens with one attached hydrogen (secondary N) is 1. The quantitative estimate of drug-likeness (QED) is 0.768. The van der Waals surface area contributed by atoms with Crippen molar-refractivity contribution in [3.8, 4) is 0 Å². The van der Waals surface area contributed by atoms with Crippen LogP contribution in [0, 0.1) is 5.41 Å². The highest BCUT2D eigenvalue weighted by molar-refractivity contribution is 7.89. The van der Waals surface area contributed by atoms with Crippen molar-refractivity contribution in [2.24, 2.45) is 5.41 Å². The van der Waals surface area contributed by atoms with Crippen molar-refractivity contribution in [3.63, 3.8) is 0 Å². The van der Waals surface area contributed by atoms with E-state index in [4.69, 9.17) is 4.74 Å². The van der Waals surface area contributed by atoms with E-state index in [1.165, 1.54) is 12.8 Å². The Kier molecular flexibility index (Phi) is 5.84. The number of likely N-dealkylation sites (tertiary alicyclic amines) is 1. The highest BCUT2D eigenvalue weighted by Crippen LogP contribution is 2.32. The average Bonchev–Trinajstić information content (AvgIpc) is 2.91. The van der Waals surface area contributed by atoms with Gasteiger partial charge in [0.25, 0.3) is 0 Å². The zero-order valence-electron chi connectivity index (χ0n) is 12.6. The second kappa shape index (κ2) is 7.20. The van der Waals surface area contributed by atoms with Gasteiger partial charge in [0, 0.05) is 31.7 Å². The lowest BCUT2D eigenvalue weighted by molar-refractivity contribution is 0.00157. The van der Waals surface area contributed by atoms with Crippen molar-refractivity contribution in [1.82, 2.24) is 9.62 Å². The Morgan fingerprint density at radius 2 is 1.85 bits per heavy atom. The number of hydrogen-bond acceptors (Lipinski definition) is 4. The molecule has 6 heteroatoms. The van der Waals surface area contributed by atoms with E-state index >= 15 is 0 Å². The van der Waals surface area contributed by atoms with Crippen LogP contribution in [0.4, 0.5) is 0 Å². The zero-order chi connectivity index (χ0) is 14.5. The summed E-state index contributed by atoms with van der Waals surface area (Å²) < 4.78 is 32.1. The Bertz CT molecular complexity index is 385. The Labute approximate surface area is 123 Å². The minimum absolute atomic E-state index is 0.0589. The van der Waals surface area contributed by atoms with Gasteiger partial charge in [0.15, 0.2) is 0 Å². The van der Waals surface area contributed by atoms with E-state index in [9.17, 15) is 8.42 Å². The maximum Gasteiger partial charge on any atom is 0.211 e. The van der Waals surface area contributed by atoms with Crippen LogP contribution >= 0.6 is 0 Å². The molecule has 0 aromatic rings. The molecule has 0 unspecified atom stereocenters. The number of ether oxygens (including phenoxy) is 1. The third kappa shape index (κ3) is 4.69. The van der Waals surface area contributed by atoms with Crippen LogP contribution in [0.1, 0.15) is 39.0 Å². The SMILES string of the molecule is CCCS(=O)(=O)NCC1(CN2CCCC2)CCOCC1. The summed E-state index contributed by atoms with van der Waals surface area (Å²) in [5.41, 5.74) is 0.0589. The first-order valence-electron chi connectivity index (χ1n) is 7.83. The van der Waals surface area contributed by atoms with Gasteiger partial charge in [-0.15, -0.1) is 0 Å². The lowest BCUT2D eigenvalue weighted by Gasteiger charge is -2.40. The normalized spacial score (nSPS) is 24.1. The van der Waals surface area contributed by atoms with Gasteiger partial charge in [0.05, 0.1) is 5.75 Å². The fraction of sp³-hybridized carbons (Fsp3) is 1.00. The molecule has 0 saturated carbocycles. The maximum atomic E-state index is 11.9. The second-order valence-corrected chi connectivity index (χ2v) is 8.16. The summed E-state index contributed by atoms with van der Waals surface area (Å²) in [5.74, 6) is 0.225. The molecule has 2 aliphatic heterocycles. The molecule has 0 atom stereocenters. The van der Waals surface area contributed by atoms with Gasteiger partial charge < -0.3 is 9.64 Å². The fourth-order valence-corrected chi connectivity index (χ4v) is 4.42. The molecule has 2 rings (SSSR count). The number of nitrogens with zero attached hydrogens (tertiary/aromatic N) is 1. The number of rotatable bonds is 7. The summed E-state index contributed by atoms with van der Waals surface area (Å²) in [6, 6.07) is 0. The molecule has 2 heterocycles. The molecule has 5 nitrogen and oxygen atoms in total. The molecule has 2 aliphatic rings. The first-order chi connectivity index (χ1) is 9.55. The van der Waals surface area contributed by atoms with Crippen LogP contribution in [-0.4, -0.2) is 58.5 Å². The average molecular weight is 304 g/mol. The molecular formula is C14H28N2O3S. The molecule has 0 aromatic carbocycles. The fourth-order valence-electron chi connectivity index (χ4n) is 3.21. The first-order valence-corrected chi connectivity index (χ1v) is 9.48. The molecule has 0 spiro atoms. The van der Waals surface area contributed by atoms with Crippen molar-refractivity contribution in [1.29, 1.82) is 0 Å². The van der Waals surface area contributed by atoms with Gasteiger partial charge in [0.2, 0.25) is 10.0 Å². The molecule has 118 valence electrons. The molecular weight excluding hydrogens is 276 g/mol. The molecule has 1 N–H and O–H groups in total. The van der Waals surface area contributed by atoms with Crippen LogP contribution in [0.2, 0.25) is 0 Å². The second-order valence-electron chi connectivity index (χ2n) is 6.24. The van der Waals surface area contributed by atoms with Gasteiger partial charge >= 0.3 is 0 Å². The van der Waals surface area contributed by atoms with Crippen molar-refractivity contribution in [2.45, 2.75) is 39.0 Å². The van der Waals surface area contributed by atoms with Crippen LogP contribution < -0.4 is 4.72 Å². The number of hydrogen-bond donors (Lipinski definition) is 1. The van der Waals surface area contributed by atoms with Gasteiger partial charge in [-0.25, -0.2) is 13.1 Å². The third-order valence-corrected chi connectivity index (χ3v) is 5.98. The van der Waals surface area contributed by atoms with E-state index < -0.39 is 10.0 Å². The van der Waals surface area contributed by atoms with Crippen LogP contribution in [0.25, 0.3) is 0 Å². The highest BCUT2D eigenvalue weighted by Gasteiger charge is 2.36. The van der Waals surface area contributed by atoms with Crippen molar-refractivity contribution < 1.29 is 13.2 Å². The molecule has 20 heavy (non-hydrogen) atoms. The van der Waals surface area contributed by atoms with Crippen molar-refractivity contribution >= 4 is 10.0 Å². The third-order valence-electron chi connectivity index (χ3n) is 4.45. The Hall–Kier alpha value is -0.170. The van der Waals surface area contributed by atoms with Crippen molar-refractivity contribution in [3.05, 3.63) is 0 Å². The summed E-state index contributed by atoms with van der Waals surface area (Å²) in [6.07, 6.45) is 5.12. The monoisotopic (exact) mass is 304 g/mol. The summed E-state index contributed by atoms with van der Waals surface area (Å²) >= 11 is 0. The van der Waals surface area contributed by atoms with Gasteiger partial charge in [-0.3, -0.25) is 0 Å². The lowest BCUT2D eigenvalue weighted by Crippen LogP contribution is -2.48. The van der Waals surface area contributed by atoms with E-state index in [1.807, 2.05) is 6.92 Å². The summed E-state index contributed by atoms with van der Waals surface area (Å²) in [7, 11) is -3.11. The smallest absolute Gasteiger partial charge is 0.211 e. The predicted octanol–water partition coefficient (Wildman–Crippen LogP) is 1.21. The standard InChI is InChI=1S/C14H28N2O3S/c1-2-11-20(17,18)15-12-14(5-9-19-10-6-14)13-16-7-3-4-8-16/h15H,2-13H2,1H3. The number of sulfonamides is 1. The van der Waals surface area contributed by atoms with E-state index in [2.05, 4.69) is 9.62 Å². The van der Waals surface area contributed by atoms with Gasteiger partial charge in [-0.1, -0.05) is 6.92 Å². The molecule has 0 bridgehead atoms. The molecule has 2 saturated heterocycles. The molecule has 0 amide bonds. The minimum atomic E-state index is -3.11. The minimum Gasteiger partial charge on any atom is -0.381 e. The Morgan fingerprint density at radius 1 is 1.20 bits per heavy atom. The van der Waals surface area contributed by atoms with Gasteiger partial charge in [0.1, 0.15) is 0 Å². The highest BCUT2D eigenvalue weighted by atomic mass is 32.2. The first kappa shape index (κ1) is 16.2. The summed E-state index contributed by atoms with van der Waals surface area (Å²) in [6.45, 7) is 7.29. The van der Waals surface area contributed by atoms with Crippen LogP contribution in [-0.2, 0) is 14.8 Å². The molecule has 0 aromatic heterocycles. The Balaban J connectivity index is 1.95. The van der Waals surface area contributed by atoms with Gasteiger partial charge in [-0.2, -0.15) is 0 Å². The van der Waals surface area contributed by atoms with Crippen LogP contribution in [0.5, 0.6) is 0 Å². The zero-order valence-corrected chi connectivity index (χ0v) is 13.4. The lowest BCUT2D eigenvalue weighted by atomic mass is 9.80. The van der Waals surface area contributed by atoms with E-state index in [-0.39, 0.29) is 11.2 Å². The van der Waals surface area contributed by atoms with E-state index in [0.29, 0.717) is 13.0 Å². The summed E-state index contributed by atoms with van der Waals surface area (Å²) in [5, 5.41) is 0. The largest absolute Gasteiger partial charge is 0.381 e. The Morgan fingerprint density at radius 3 is 2.45 bits per heavy atom. The topological polar surface area (TPSA) is 58.6 Å². The van der Waals surface area contributed by atoms with Crippen LogP contribution in [0.3, 0.4) is 0 Å². The van der Waals surface area contributed by atoms with E-state index in [0.717, 1.165) is 45.7 Å². The van der Waals surface area contributed by atoms with E-state index in [1.54, 1.807) is 0 Å². The molecule has 0 aliphatic carbocycles. The van der Waals surface area contributed by atoms with Crippen LogP contribution in [0.15, 0.2) is 0 Å². The molecule has 2 fully saturated rings. The van der Waals surface area contributed by atoms with Crippen molar-refractivity contribution in [2.75, 3.05) is 45.1 Å². The predicted molar refractivity (Wildman–Crippen MR) is 80.2 cm³/mol. The van der Waals surface area contributed by atoms with Gasteiger partial charge in [-0.05, 0) is 45.2 Å². The molecule has 0 radical (unpaired) electrons. The summed E-state index contributed by atoms with van der Waals surface area (Å²) in [4.78, 5) is 2.49.